The van der Waals surface area contributed by atoms with E-state index in [4.69, 9.17) is 5.73 Å². The summed E-state index contributed by atoms with van der Waals surface area (Å²) in [4.78, 5) is 2.41. The molecule has 1 aromatic rings. The van der Waals surface area contributed by atoms with Gasteiger partial charge in [0.1, 0.15) is 0 Å². The number of anilines is 1. The van der Waals surface area contributed by atoms with Gasteiger partial charge in [0.25, 0.3) is 0 Å². The minimum Gasteiger partial charge on any atom is -0.399 e. The Balaban J connectivity index is 2.12. The number of aliphatic hydroxyl groups excluding tert-OH is 1. The molecule has 0 spiro atoms. The van der Waals surface area contributed by atoms with E-state index in [-0.39, 0.29) is 6.61 Å². The van der Waals surface area contributed by atoms with E-state index < -0.39 is 0 Å². The van der Waals surface area contributed by atoms with Gasteiger partial charge < -0.3 is 10.8 Å². The lowest BCUT2D eigenvalue weighted by atomic mass is 10.0. The molecule has 0 saturated carbocycles. The first-order valence-electron chi connectivity index (χ1n) is 6.91. The number of rotatable bonds is 3. The minimum atomic E-state index is 0.265. The summed E-state index contributed by atoms with van der Waals surface area (Å²) in [5.41, 5.74) is 9.29. The van der Waals surface area contributed by atoms with Crippen molar-refractivity contribution in [3.05, 3.63) is 29.3 Å². The standard InChI is InChI=1S/C15H24N2O/c1-12-13(6-5-8-15(12)16)10-17-9-4-2-3-7-14(17)11-18/h5-6,8,14,18H,2-4,7,9-11,16H2,1H3. The zero-order chi connectivity index (χ0) is 13.0. The van der Waals surface area contributed by atoms with Crippen molar-refractivity contribution in [2.75, 3.05) is 18.9 Å². The summed E-state index contributed by atoms with van der Waals surface area (Å²) in [7, 11) is 0. The van der Waals surface area contributed by atoms with E-state index in [1.807, 2.05) is 12.1 Å². The monoisotopic (exact) mass is 248 g/mol. The lowest BCUT2D eigenvalue weighted by molar-refractivity contribution is 0.118. The number of aliphatic hydroxyl groups is 1. The second-order valence-corrected chi connectivity index (χ2v) is 5.29. The Labute approximate surface area is 110 Å². The average Bonchev–Trinajstić information content (AvgIpc) is 2.60. The molecule has 2 rings (SSSR count). The summed E-state index contributed by atoms with van der Waals surface area (Å²) in [5, 5.41) is 9.52. The topological polar surface area (TPSA) is 49.5 Å². The first-order chi connectivity index (χ1) is 8.72. The van der Waals surface area contributed by atoms with Crippen LogP contribution in [-0.2, 0) is 6.54 Å². The molecule has 100 valence electrons. The van der Waals surface area contributed by atoms with Crippen LogP contribution in [0.4, 0.5) is 5.69 Å². The maximum Gasteiger partial charge on any atom is 0.0586 e. The molecule has 3 nitrogen and oxygen atoms in total. The molecule has 1 heterocycles. The van der Waals surface area contributed by atoms with Crippen LogP contribution in [0.25, 0.3) is 0 Å². The maximum absolute atomic E-state index is 9.52. The summed E-state index contributed by atoms with van der Waals surface area (Å²) in [6, 6.07) is 6.42. The molecule has 3 heteroatoms. The third-order valence-electron chi connectivity index (χ3n) is 4.07. The highest BCUT2D eigenvalue weighted by Gasteiger charge is 2.20. The van der Waals surface area contributed by atoms with Gasteiger partial charge in [-0.15, -0.1) is 0 Å². The van der Waals surface area contributed by atoms with Crippen LogP contribution in [0.15, 0.2) is 18.2 Å². The molecule has 1 aliphatic rings. The highest BCUT2D eigenvalue weighted by molar-refractivity contribution is 5.49. The van der Waals surface area contributed by atoms with Gasteiger partial charge >= 0.3 is 0 Å². The van der Waals surface area contributed by atoms with Crippen molar-refractivity contribution in [2.45, 2.75) is 45.2 Å². The van der Waals surface area contributed by atoms with E-state index in [1.54, 1.807) is 0 Å². The van der Waals surface area contributed by atoms with Gasteiger partial charge in [-0.1, -0.05) is 25.0 Å². The summed E-state index contributed by atoms with van der Waals surface area (Å²) in [6.07, 6.45) is 4.86. The minimum absolute atomic E-state index is 0.265. The van der Waals surface area contributed by atoms with Crippen molar-refractivity contribution in [3.63, 3.8) is 0 Å². The molecule has 0 radical (unpaired) electrons. The van der Waals surface area contributed by atoms with Crippen molar-refractivity contribution >= 4 is 5.69 Å². The quantitative estimate of drug-likeness (QED) is 0.807. The van der Waals surface area contributed by atoms with E-state index in [9.17, 15) is 5.11 Å². The van der Waals surface area contributed by atoms with Gasteiger partial charge in [0.2, 0.25) is 0 Å². The summed E-state index contributed by atoms with van der Waals surface area (Å²) in [5.74, 6) is 0. The molecule has 0 aromatic heterocycles. The molecule has 1 unspecified atom stereocenters. The molecular formula is C15H24N2O. The van der Waals surface area contributed by atoms with Crippen LogP contribution in [0.2, 0.25) is 0 Å². The number of hydrogen-bond acceptors (Lipinski definition) is 3. The molecule has 1 atom stereocenters. The van der Waals surface area contributed by atoms with Crippen LogP contribution in [0.1, 0.15) is 36.8 Å². The Morgan fingerprint density at radius 2 is 2.17 bits per heavy atom. The smallest absolute Gasteiger partial charge is 0.0586 e. The Hall–Kier alpha value is -1.06. The Morgan fingerprint density at radius 1 is 1.33 bits per heavy atom. The normalized spacial score (nSPS) is 21.8. The number of nitrogens with two attached hydrogens (primary N) is 1. The van der Waals surface area contributed by atoms with Gasteiger partial charge in [0, 0.05) is 18.3 Å². The molecule has 1 aromatic carbocycles. The van der Waals surface area contributed by atoms with Crippen molar-refractivity contribution in [2.24, 2.45) is 0 Å². The molecular weight excluding hydrogens is 224 g/mol. The predicted octanol–water partition coefficient (Wildman–Crippen LogP) is 2.31. The molecule has 3 N–H and O–H groups in total. The number of hydrogen-bond donors (Lipinski definition) is 2. The molecule has 0 aliphatic carbocycles. The maximum atomic E-state index is 9.52. The molecule has 1 fully saturated rings. The van der Waals surface area contributed by atoms with E-state index in [0.29, 0.717) is 6.04 Å². The van der Waals surface area contributed by atoms with Crippen LogP contribution in [-0.4, -0.2) is 29.2 Å². The van der Waals surface area contributed by atoms with E-state index in [1.165, 1.54) is 30.4 Å². The van der Waals surface area contributed by atoms with Gasteiger partial charge in [-0.05, 0) is 43.5 Å². The Bertz CT molecular complexity index is 392. The highest BCUT2D eigenvalue weighted by atomic mass is 16.3. The zero-order valence-electron chi connectivity index (χ0n) is 11.2. The van der Waals surface area contributed by atoms with Gasteiger partial charge in [-0.2, -0.15) is 0 Å². The van der Waals surface area contributed by atoms with Crippen molar-refractivity contribution < 1.29 is 5.11 Å². The molecule has 0 bridgehead atoms. The van der Waals surface area contributed by atoms with E-state index in [2.05, 4.69) is 17.9 Å². The fourth-order valence-electron chi connectivity index (χ4n) is 2.75. The lowest BCUT2D eigenvalue weighted by Crippen LogP contribution is -2.37. The van der Waals surface area contributed by atoms with Crippen LogP contribution >= 0.6 is 0 Å². The predicted molar refractivity (Wildman–Crippen MR) is 75.3 cm³/mol. The zero-order valence-corrected chi connectivity index (χ0v) is 11.2. The fraction of sp³-hybridized carbons (Fsp3) is 0.600. The second kappa shape index (κ2) is 6.21. The van der Waals surface area contributed by atoms with E-state index in [0.717, 1.165) is 25.2 Å². The van der Waals surface area contributed by atoms with Crippen LogP contribution in [0.5, 0.6) is 0 Å². The fourth-order valence-corrected chi connectivity index (χ4v) is 2.75. The third-order valence-corrected chi connectivity index (χ3v) is 4.07. The first kappa shape index (κ1) is 13.4. The Morgan fingerprint density at radius 3 is 2.94 bits per heavy atom. The van der Waals surface area contributed by atoms with Crippen molar-refractivity contribution in [3.8, 4) is 0 Å². The summed E-state index contributed by atoms with van der Waals surface area (Å²) in [6.45, 7) is 4.33. The largest absolute Gasteiger partial charge is 0.399 e. The van der Waals surface area contributed by atoms with Gasteiger partial charge in [-0.3, -0.25) is 4.90 Å². The first-order valence-corrected chi connectivity index (χ1v) is 6.91. The third kappa shape index (κ3) is 3.03. The average molecular weight is 248 g/mol. The summed E-state index contributed by atoms with van der Waals surface area (Å²) >= 11 is 0. The van der Waals surface area contributed by atoms with Crippen LogP contribution in [0, 0.1) is 6.92 Å². The van der Waals surface area contributed by atoms with Crippen LogP contribution < -0.4 is 5.73 Å². The number of benzene rings is 1. The van der Waals surface area contributed by atoms with Crippen molar-refractivity contribution in [1.82, 2.24) is 4.90 Å². The van der Waals surface area contributed by atoms with Crippen LogP contribution in [0.3, 0.4) is 0 Å². The SMILES string of the molecule is Cc1c(N)cccc1CN1CCCCCC1CO. The lowest BCUT2D eigenvalue weighted by Gasteiger charge is -2.29. The molecule has 0 amide bonds. The molecule has 1 aliphatic heterocycles. The second-order valence-electron chi connectivity index (χ2n) is 5.29. The molecule has 1 saturated heterocycles. The van der Waals surface area contributed by atoms with Crippen molar-refractivity contribution in [1.29, 1.82) is 0 Å². The highest BCUT2D eigenvalue weighted by Crippen LogP contribution is 2.22. The number of nitrogen functional groups attached to an aromatic ring is 1. The Kier molecular flexibility index (Phi) is 4.61. The summed E-state index contributed by atoms with van der Waals surface area (Å²) < 4.78 is 0. The van der Waals surface area contributed by atoms with Gasteiger partial charge in [0.05, 0.1) is 6.61 Å². The number of likely N-dealkylation sites (tertiary alicyclic amines) is 1. The number of nitrogens with zero attached hydrogens (tertiary/aromatic N) is 1. The molecule has 18 heavy (non-hydrogen) atoms. The van der Waals surface area contributed by atoms with Gasteiger partial charge in [-0.25, -0.2) is 0 Å². The van der Waals surface area contributed by atoms with E-state index >= 15 is 0 Å². The van der Waals surface area contributed by atoms with Gasteiger partial charge in [0.15, 0.2) is 0 Å².